The molecule has 1 aliphatic rings. The van der Waals surface area contributed by atoms with E-state index in [9.17, 15) is 4.79 Å². The topological polar surface area (TPSA) is 60.2 Å². The van der Waals surface area contributed by atoms with E-state index >= 15 is 0 Å². The Balaban J connectivity index is 1.63. The highest BCUT2D eigenvalue weighted by Gasteiger charge is 2.26. The molecule has 1 amide bonds. The molecule has 1 aromatic heterocycles. The third kappa shape index (κ3) is 3.79. The van der Waals surface area contributed by atoms with Gasteiger partial charge in [-0.2, -0.15) is 0 Å². The van der Waals surface area contributed by atoms with Crippen LogP contribution in [-0.4, -0.2) is 56.6 Å². The van der Waals surface area contributed by atoms with Gasteiger partial charge in [0.15, 0.2) is 11.0 Å². The molecule has 128 valence electrons. The SMILES string of the molecule is C[C@@H]1CN(C(=O)CSc2nnc(-c3ccccc3)n2C)C[C@@H](C)O1. The Bertz CT molecular complexity index is 694. The van der Waals surface area contributed by atoms with Crippen LogP contribution in [0.5, 0.6) is 0 Å². The third-order valence-electron chi connectivity index (χ3n) is 3.96. The lowest BCUT2D eigenvalue weighted by molar-refractivity contribution is -0.140. The lowest BCUT2D eigenvalue weighted by atomic mass is 10.2. The second-order valence-electron chi connectivity index (χ2n) is 6.08. The minimum Gasteiger partial charge on any atom is -0.372 e. The molecule has 3 rings (SSSR count). The Kier molecular flexibility index (Phi) is 5.20. The largest absolute Gasteiger partial charge is 0.372 e. The molecule has 0 saturated carbocycles. The molecular weight excluding hydrogens is 324 g/mol. The van der Waals surface area contributed by atoms with Gasteiger partial charge >= 0.3 is 0 Å². The second kappa shape index (κ2) is 7.36. The zero-order chi connectivity index (χ0) is 17.1. The highest BCUT2D eigenvalue weighted by molar-refractivity contribution is 7.99. The van der Waals surface area contributed by atoms with Crippen molar-refractivity contribution in [2.45, 2.75) is 31.2 Å². The third-order valence-corrected chi connectivity index (χ3v) is 4.97. The lowest BCUT2D eigenvalue weighted by Gasteiger charge is -2.35. The van der Waals surface area contributed by atoms with Crippen molar-refractivity contribution in [2.75, 3.05) is 18.8 Å². The number of thioether (sulfide) groups is 1. The van der Waals surface area contributed by atoms with E-state index in [4.69, 9.17) is 4.74 Å². The molecule has 0 unspecified atom stereocenters. The second-order valence-corrected chi connectivity index (χ2v) is 7.02. The lowest BCUT2D eigenvalue weighted by Crippen LogP contribution is -2.48. The van der Waals surface area contributed by atoms with Gasteiger partial charge in [0.1, 0.15) is 0 Å². The van der Waals surface area contributed by atoms with E-state index in [-0.39, 0.29) is 18.1 Å². The van der Waals surface area contributed by atoms with Gasteiger partial charge in [-0.05, 0) is 13.8 Å². The van der Waals surface area contributed by atoms with Crippen LogP contribution in [-0.2, 0) is 16.6 Å². The van der Waals surface area contributed by atoms with E-state index in [2.05, 4.69) is 10.2 Å². The predicted molar refractivity (Wildman–Crippen MR) is 93.8 cm³/mol. The van der Waals surface area contributed by atoms with Gasteiger partial charge in [-0.3, -0.25) is 4.79 Å². The van der Waals surface area contributed by atoms with Gasteiger partial charge < -0.3 is 14.2 Å². The highest BCUT2D eigenvalue weighted by Crippen LogP contribution is 2.23. The summed E-state index contributed by atoms with van der Waals surface area (Å²) in [5.41, 5.74) is 1.02. The summed E-state index contributed by atoms with van der Waals surface area (Å²) in [5.74, 6) is 1.28. The maximum atomic E-state index is 12.4. The summed E-state index contributed by atoms with van der Waals surface area (Å²) in [7, 11) is 1.92. The molecule has 2 heterocycles. The van der Waals surface area contributed by atoms with Crippen LogP contribution in [0.1, 0.15) is 13.8 Å². The fourth-order valence-electron chi connectivity index (χ4n) is 2.88. The number of rotatable bonds is 4. The van der Waals surface area contributed by atoms with E-state index in [1.807, 2.05) is 60.7 Å². The molecule has 0 spiro atoms. The van der Waals surface area contributed by atoms with Crippen LogP contribution in [0, 0.1) is 0 Å². The van der Waals surface area contributed by atoms with Crippen molar-refractivity contribution in [2.24, 2.45) is 7.05 Å². The molecule has 1 aromatic carbocycles. The summed E-state index contributed by atoms with van der Waals surface area (Å²) in [6, 6.07) is 9.92. The van der Waals surface area contributed by atoms with Gasteiger partial charge in [0.25, 0.3) is 0 Å². The van der Waals surface area contributed by atoms with Crippen LogP contribution in [0.15, 0.2) is 35.5 Å². The molecule has 24 heavy (non-hydrogen) atoms. The molecule has 6 nitrogen and oxygen atoms in total. The van der Waals surface area contributed by atoms with Crippen molar-refractivity contribution < 1.29 is 9.53 Å². The van der Waals surface area contributed by atoms with Crippen LogP contribution < -0.4 is 0 Å². The van der Waals surface area contributed by atoms with Gasteiger partial charge in [-0.1, -0.05) is 42.1 Å². The monoisotopic (exact) mass is 346 g/mol. The van der Waals surface area contributed by atoms with Gasteiger partial charge in [0.05, 0.1) is 18.0 Å². The van der Waals surface area contributed by atoms with E-state index in [1.165, 1.54) is 11.8 Å². The molecule has 0 aliphatic carbocycles. The first-order valence-electron chi connectivity index (χ1n) is 8.05. The Morgan fingerprint density at radius 2 is 1.88 bits per heavy atom. The standard InChI is InChI=1S/C17H22N4O2S/c1-12-9-21(10-13(2)23-12)15(22)11-24-17-19-18-16(20(17)3)14-7-5-4-6-8-14/h4-8,12-13H,9-11H2,1-3H3/t12-,13-/m1/s1. The first kappa shape index (κ1) is 17.0. The molecule has 7 heteroatoms. The van der Waals surface area contributed by atoms with Crippen molar-refractivity contribution >= 4 is 17.7 Å². The predicted octanol–water partition coefficient (Wildman–Crippen LogP) is 2.21. The van der Waals surface area contributed by atoms with E-state index in [1.54, 1.807) is 0 Å². The fraction of sp³-hybridized carbons (Fsp3) is 0.471. The summed E-state index contributed by atoms with van der Waals surface area (Å²) in [6.07, 6.45) is 0.171. The van der Waals surface area contributed by atoms with Gasteiger partial charge in [0.2, 0.25) is 5.91 Å². The number of nitrogens with zero attached hydrogens (tertiary/aromatic N) is 4. The van der Waals surface area contributed by atoms with Crippen LogP contribution >= 0.6 is 11.8 Å². The average molecular weight is 346 g/mol. The first-order chi connectivity index (χ1) is 11.5. The van der Waals surface area contributed by atoms with Crippen molar-refractivity contribution in [1.82, 2.24) is 19.7 Å². The van der Waals surface area contributed by atoms with Crippen molar-refractivity contribution in [1.29, 1.82) is 0 Å². The maximum Gasteiger partial charge on any atom is 0.233 e. The van der Waals surface area contributed by atoms with Crippen molar-refractivity contribution in [3.05, 3.63) is 30.3 Å². The smallest absolute Gasteiger partial charge is 0.233 e. The number of ether oxygens (including phenoxy) is 1. The molecule has 0 N–H and O–H groups in total. The maximum absolute atomic E-state index is 12.4. The molecule has 0 radical (unpaired) electrons. The molecule has 2 aromatic rings. The van der Waals surface area contributed by atoms with Gasteiger partial charge in [-0.25, -0.2) is 0 Å². The van der Waals surface area contributed by atoms with E-state index in [0.717, 1.165) is 16.5 Å². The summed E-state index contributed by atoms with van der Waals surface area (Å²) in [4.78, 5) is 14.3. The fourth-order valence-corrected chi connectivity index (χ4v) is 3.69. The summed E-state index contributed by atoms with van der Waals surface area (Å²) >= 11 is 1.42. The van der Waals surface area contributed by atoms with Crippen LogP contribution in [0.25, 0.3) is 11.4 Å². The molecule has 1 aliphatic heterocycles. The Morgan fingerprint density at radius 1 is 1.21 bits per heavy atom. The molecule has 2 atom stereocenters. The first-order valence-corrected chi connectivity index (χ1v) is 9.04. The number of amides is 1. The summed E-state index contributed by atoms with van der Waals surface area (Å²) in [6.45, 7) is 5.30. The van der Waals surface area contributed by atoms with E-state index in [0.29, 0.717) is 18.8 Å². The zero-order valence-corrected chi connectivity index (χ0v) is 15.0. The van der Waals surface area contributed by atoms with E-state index < -0.39 is 0 Å². The zero-order valence-electron chi connectivity index (χ0n) is 14.2. The van der Waals surface area contributed by atoms with Crippen molar-refractivity contribution in [3.8, 4) is 11.4 Å². The van der Waals surface area contributed by atoms with Crippen molar-refractivity contribution in [3.63, 3.8) is 0 Å². The Labute approximate surface area is 146 Å². The Morgan fingerprint density at radius 3 is 2.54 bits per heavy atom. The molecule has 0 bridgehead atoms. The highest BCUT2D eigenvalue weighted by atomic mass is 32.2. The Hall–Kier alpha value is -1.86. The van der Waals surface area contributed by atoms with Gasteiger partial charge in [-0.15, -0.1) is 10.2 Å². The number of hydrogen-bond acceptors (Lipinski definition) is 5. The number of morpholine rings is 1. The normalized spacial score (nSPS) is 21.0. The minimum atomic E-state index is 0.0854. The average Bonchev–Trinajstić information content (AvgIpc) is 2.93. The molecule has 1 fully saturated rings. The molecular formula is C17H22N4O2S. The minimum absolute atomic E-state index is 0.0854. The quantitative estimate of drug-likeness (QED) is 0.795. The van der Waals surface area contributed by atoms with Crippen LogP contribution in [0.3, 0.4) is 0 Å². The summed E-state index contributed by atoms with van der Waals surface area (Å²) < 4.78 is 7.60. The number of benzene rings is 1. The number of hydrogen-bond donors (Lipinski definition) is 0. The number of aromatic nitrogens is 3. The van der Waals surface area contributed by atoms with Crippen LogP contribution in [0.2, 0.25) is 0 Å². The van der Waals surface area contributed by atoms with Crippen LogP contribution in [0.4, 0.5) is 0 Å². The molecule has 1 saturated heterocycles. The van der Waals surface area contributed by atoms with Gasteiger partial charge in [0, 0.05) is 25.7 Å². The summed E-state index contributed by atoms with van der Waals surface area (Å²) in [5, 5.41) is 9.21. The number of carbonyl (C=O) groups is 1. The number of carbonyl (C=O) groups excluding carboxylic acids is 1.